The lowest BCUT2D eigenvalue weighted by Crippen LogP contribution is -2.29. The summed E-state index contributed by atoms with van der Waals surface area (Å²) in [6, 6.07) is 39.3. The SMILES string of the molecule is c1cc[c]([Al][c]2ccccc2-c2ccccc2Pc2ccccc2)cc1. The quantitative estimate of drug-likeness (QED) is 0.374. The van der Waals surface area contributed by atoms with E-state index in [0.29, 0.717) is 8.58 Å². The largest absolute Gasteiger partial charge is 0.299 e. The monoisotopic (exact) mass is 365 g/mol. The summed E-state index contributed by atoms with van der Waals surface area (Å²) in [6.07, 6.45) is 0. The molecular weight excluding hydrogens is 346 g/mol. The summed E-state index contributed by atoms with van der Waals surface area (Å²) >= 11 is 0.0891. The average molecular weight is 365 g/mol. The van der Waals surface area contributed by atoms with E-state index in [1.807, 2.05) is 0 Å². The first kappa shape index (κ1) is 17.3. The Kier molecular flexibility index (Phi) is 5.63. The summed E-state index contributed by atoms with van der Waals surface area (Å²) in [7, 11) is 0.675. The maximum atomic E-state index is 2.29. The van der Waals surface area contributed by atoms with Crippen molar-refractivity contribution in [1.29, 1.82) is 0 Å². The number of benzene rings is 4. The summed E-state index contributed by atoms with van der Waals surface area (Å²) in [5, 5.41) is 2.80. The molecular formula is C24H19AlP. The molecule has 0 aliphatic carbocycles. The molecule has 0 nitrogen and oxygen atoms in total. The maximum Gasteiger partial charge on any atom is 0.299 e. The molecule has 123 valence electrons. The minimum atomic E-state index is 0.0891. The standard InChI is InChI=1S/C18H14P.C6H5.Al/c1-3-9-15(10-4-1)17-13-7-8-14-18(17)19-16-11-5-2-6-12-16;1-2-4-6-5-3-1;/h1-9,11-14,19H;1-5H;. The fraction of sp³-hybridized carbons (Fsp3) is 0. The number of hydrogen-bond acceptors (Lipinski definition) is 0. The molecule has 0 amide bonds. The van der Waals surface area contributed by atoms with E-state index in [0.717, 1.165) is 0 Å². The van der Waals surface area contributed by atoms with Crippen molar-refractivity contribution >= 4 is 43.3 Å². The van der Waals surface area contributed by atoms with Crippen LogP contribution in [0.4, 0.5) is 0 Å². The molecule has 0 saturated heterocycles. The van der Waals surface area contributed by atoms with Gasteiger partial charge in [0.25, 0.3) is 15.2 Å². The van der Waals surface area contributed by atoms with Gasteiger partial charge in [-0.1, -0.05) is 118 Å². The first-order chi connectivity index (χ1) is 12.9. The van der Waals surface area contributed by atoms with Gasteiger partial charge in [0.15, 0.2) is 0 Å². The summed E-state index contributed by atoms with van der Waals surface area (Å²) in [5.41, 5.74) is 2.75. The zero-order chi connectivity index (χ0) is 17.6. The highest BCUT2D eigenvalue weighted by molar-refractivity contribution is 7.55. The Labute approximate surface area is 163 Å². The van der Waals surface area contributed by atoms with E-state index < -0.39 is 0 Å². The molecule has 0 aromatic heterocycles. The fourth-order valence-corrected chi connectivity index (χ4v) is 5.69. The third kappa shape index (κ3) is 4.15. The zero-order valence-corrected chi connectivity index (χ0v) is 16.6. The van der Waals surface area contributed by atoms with Crippen molar-refractivity contribution in [3.63, 3.8) is 0 Å². The Morgan fingerprint density at radius 1 is 0.500 bits per heavy atom. The van der Waals surface area contributed by atoms with Crippen LogP contribution < -0.4 is 19.5 Å². The molecule has 4 aromatic rings. The van der Waals surface area contributed by atoms with E-state index in [-0.39, 0.29) is 15.2 Å². The van der Waals surface area contributed by atoms with Crippen molar-refractivity contribution in [2.75, 3.05) is 0 Å². The van der Waals surface area contributed by atoms with Crippen LogP contribution in [0.1, 0.15) is 0 Å². The van der Waals surface area contributed by atoms with Crippen LogP contribution in [0, 0.1) is 0 Å². The molecule has 1 atom stereocenters. The molecule has 4 rings (SSSR count). The van der Waals surface area contributed by atoms with Crippen molar-refractivity contribution in [3.05, 3.63) is 109 Å². The molecule has 2 heteroatoms. The molecule has 0 heterocycles. The highest BCUT2D eigenvalue weighted by atomic mass is 31.1. The van der Waals surface area contributed by atoms with Crippen molar-refractivity contribution in [2.24, 2.45) is 0 Å². The zero-order valence-electron chi connectivity index (χ0n) is 14.5. The Hall–Kier alpha value is -2.16. The summed E-state index contributed by atoms with van der Waals surface area (Å²) < 4.78 is 2.90. The second-order valence-electron chi connectivity index (χ2n) is 6.18. The minimum absolute atomic E-state index is 0.0891. The Balaban J connectivity index is 1.72. The third-order valence-electron chi connectivity index (χ3n) is 4.35. The van der Waals surface area contributed by atoms with Gasteiger partial charge in [-0.05, 0) is 21.7 Å². The molecule has 1 unspecified atom stereocenters. The van der Waals surface area contributed by atoms with Crippen molar-refractivity contribution in [2.45, 2.75) is 0 Å². The van der Waals surface area contributed by atoms with Crippen LogP contribution in [-0.4, -0.2) is 15.2 Å². The smallest absolute Gasteiger partial charge is 0.117 e. The fourth-order valence-electron chi connectivity index (χ4n) is 3.10. The van der Waals surface area contributed by atoms with E-state index >= 15 is 0 Å². The lowest BCUT2D eigenvalue weighted by molar-refractivity contribution is 1.68. The van der Waals surface area contributed by atoms with Crippen LogP contribution in [0.5, 0.6) is 0 Å². The molecule has 0 N–H and O–H groups in total. The lowest BCUT2D eigenvalue weighted by atomic mass is 10.1. The first-order valence-corrected chi connectivity index (χ1v) is 11.0. The summed E-state index contributed by atoms with van der Waals surface area (Å²) in [4.78, 5) is 0. The average Bonchev–Trinajstić information content (AvgIpc) is 2.71. The highest BCUT2D eigenvalue weighted by Gasteiger charge is 2.11. The molecule has 26 heavy (non-hydrogen) atoms. The van der Waals surface area contributed by atoms with Gasteiger partial charge in [0.05, 0.1) is 0 Å². The topological polar surface area (TPSA) is 0 Å². The van der Waals surface area contributed by atoms with Gasteiger partial charge in [0.2, 0.25) is 0 Å². The van der Waals surface area contributed by atoms with Crippen LogP contribution >= 0.6 is 8.58 Å². The van der Waals surface area contributed by atoms with Gasteiger partial charge in [-0.3, -0.25) is 0 Å². The van der Waals surface area contributed by atoms with Gasteiger partial charge in [-0.25, -0.2) is 0 Å². The van der Waals surface area contributed by atoms with Crippen LogP contribution in [0.3, 0.4) is 0 Å². The van der Waals surface area contributed by atoms with Crippen LogP contribution in [-0.2, 0) is 0 Å². The molecule has 0 aliphatic rings. The molecule has 1 radical (unpaired) electrons. The van der Waals surface area contributed by atoms with Crippen molar-refractivity contribution in [3.8, 4) is 11.1 Å². The Morgan fingerprint density at radius 2 is 1.08 bits per heavy atom. The van der Waals surface area contributed by atoms with Crippen LogP contribution in [0.2, 0.25) is 0 Å². The first-order valence-electron chi connectivity index (χ1n) is 8.80. The van der Waals surface area contributed by atoms with Crippen molar-refractivity contribution in [1.82, 2.24) is 0 Å². The van der Waals surface area contributed by atoms with Gasteiger partial charge < -0.3 is 0 Å². The Bertz CT molecular complexity index is 898. The lowest BCUT2D eigenvalue weighted by Gasteiger charge is -2.14. The predicted octanol–water partition coefficient (Wildman–Crippen LogP) is 3.64. The number of hydrogen-bond donors (Lipinski definition) is 0. The van der Waals surface area contributed by atoms with E-state index in [2.05, 4.69) is 109 Å². The predicted molar refractivity (Wildman–Crippen MR) is 117 cm³/mol. The Morgan fingerprint density at radius 3 is 1.85 bits per heavy atom. The van der Waals surface area contributed by atoms with E-state index in [1.54, 1.807) is 0 Å². The van der Waals surface area contributed by atoms with Crippen LogP contribution in [0.15, 0.2) is 109 Å². The van der Waals surface area contributed by atoms with Gasteiger partial charge >= 0.3 is 0 Å². The summed E-state index contributed by atoms with van der Waals surface area (Å²) in [5.74, 6) is 0. The van der Waals surface area contributed by atoms with E-state index in [4.69, 9.17) is 0 Å². The molecule has 4 aromatic carbocycles. The molecule has 0 fully saturated rings. The van der Waals surface area contributed by atoms with E-state index in [1.165, 1.54) is 30.6 Å². The van der Waals surface area contributed by atoms with Crippen molar-refractivity contribution < 1.29 is 0 Å². The van der Waals surface area contributed by atoms with Gasteiger partial charge in [0, 0.05) is 0 Å². The summed E-state index contributed by atoms with van der Waals surface area (Å²) in [6.45, 7) is 0. The van der Waals surface area contributed by atoms with Gasteiger partial charge in [-0.2, -0.15) is 0 Å². The number of rotatable bonds is 5. The highest BCUT2D eigenvalue weighted by Crippen LogP contribution is 2.22. The molecule has 0 aliphatic heterocycles. The second kappa shape index (κ2) is 8.48. The second-order valence-corrected chi connectivity index (χ2v) is 9.12. The third-order valence-corrected chi connectivity index (χ3v) is 7.21. The van der Waals surface area contributed by atoms with Crippen LogP contribution in [0.25, 0.3) is 11.1 Å². The molecule has 0 bridgehead atoms. The maximum absolute atomic E-state index is 2.29. The molecule has 0 spiro atoms. The van der Waals surface area contributed by atoms with Gasteiger partial charge in [-0.15, -0.1) is 8.85 Å². The van der Waals surface area contributed by atoms with E-state index in [9.17, 15) is 0 Å². The molecule has 0 saturated carbocycles. The minimum Gasteiger partial charge on any atom is -0.117 e. The normalized spacial score (nSPS) is 10.9. The van der Waals surface area contributed by atoms with Gasteiger partial charge in [0.1, 0.15) is 0 Å².